The van der Waals surface area contributed by atoms with Crippen LogP contribution in [0.3, 0.4) is 0 Å². The predicted molar refractivity (Wildman–Crippen MR) is 71.9 cm³/mol. The van der Waals surface area contributed by atoms with Crippen molar-refractivity contribution < 1.29 is 35.8 Å². The van der Waals surface area contributed by atoms with E-state index >= 15 is 0 Å². The highest BCUT2D eigenvalue weighted by Gasteiger charge is 2.37. The lowest BCUT2D eigenvalue weighted by Crippen LogP contribution is -2.14. The molecule has 0 heterocycles. The highest BCUT2D eigenvalue weighted by atomic mass is 35.5. The van der Waals surface area contributed by atoms with Gasteiger partial charge in [-0.05, 0) is 35.9 Å². The lowest BCUT2D eigenvalue weighted by atomic mass is 9.96. The van der Waals surface area contributed by atoms with Gasteiger partial charge in [0.1, 0.15) is 11.9 Å². The van der Waals surface area contributed by atoms with E-state index in [0.29, 0.717) is 12.1 Å². The number of aliphatic hydroxyl groups excluding tert-OH is 1. The van der Waals surface area contributed by atoms with E-state index < -0.39 is 46.5 Å². The summed E-state index contributed by atoms with van der Waals surface area (Å²) in [5.74, 6) is -1.05. The van der Waals surface area contributed by atoms with Crippen molar-refractivity contribution in [2.45, 2.75) is 18.5 Å². The molecule has 9 heteroatoms. The average Bonchev–Trinajstić information content (AvgIpc) is 2.44. The van der Waals surface area contributed by atoms with Crippen molar-refractivity contribution in [3.63, 3.8) is 0 Å². The summed E-state index contributed by atoms with van der Waals surface area (Å²) in [6.07, 6.45) is -12.2. The third-order valence-corrected chi connectivity index (χ3v) is 3.53. The second-order valence-corrected chi connectivity index (χ2v) is 5.28. The highest BCUT2D eigenvalue weighted by molar-refractivity contribution is 6.31. The maximum atomic E-state index is 13.8. The molecule has 2 aromatic rings. The molecule has 0 aliphatic heterocycles. The van der Waals surface area contributed by atoms with E-state index in [-0.39, 0.29) is 11.1 Å². The van der Waals surface area contributed by atoms with E-state index in [9.17, 15) is 35.8 Å². The molecule has 24 heavy (non-hydrogen) atoms. The van der Waals surface area contributed by atoms with E-state index in [2.05, 4.69) is 0 Å². The minimum Gasteiger partial charge on any atom is -0.383 e. The Hall–Kier alpha value is -1.80. The molecule has 0 saturated carbocycles. The van der Waals surface area contributed by atoms with Gasteiger partial charge in [0.25, 0.3) is 0 Å². The van der Waals surface area contributed by atoms with Crippen LogP contribution in [0.2, 0.25) is 5.02 Å². The topological polar surface area (TPSA) is 20.2 Å². The summed E-state index contributed by atoms with van der Waals surface area (Å²) in [7, 11) is 0. The van der Waals surface area contributed by atoms with Crippen LogP contribution in [0.25, 0.3) is 0 Å². The Morgan fingerprint density at radius 3 is 1.79 bits per heavy atom. The molecule has 0 amide bonds. The molecule has 0 fully saturated rings. The van der Waals surface area contributed by atoms with Crippen molar-refractivity contribution >= 4 is 11.6 Å². The Bertz CT molecular complexity index is 700. The third-order valence-electron chi connectivity index (χ3n) is 3.20. The first-order chi connectivity index (χ1) is 10.9. The Kier molecular flexibility index (Phi) is 4.83. The molecule has 0 aliphatic rings. The summed E-state index contributed by atoms with van der Waals surface area (Å²) in [6.45, 7) is 0. The molecule has 0 saturated heterocycles. The molecule has 0 radical (unpaired) electrons. The average molecular weight is 373 g/mol. The van der Waals surface area contributed by atoms with Crippen LogP contribution in [0.5, 0.6) is 0 Å². The third kappa shape index (κ3) is 3.81. The SMILES string of the molecule is O[C@H](c1cc(C(F)(F)F)cc(C(F)(F)F)c1)c1c(F)cccc1Cl. The standard InChI is InChI=1S/C15H8ClF7O/c16-10-2-1-3-11(17)12(10)13(24)7-4-8(14(18,19)20)6-9(5-7)15(21,22)23/h1-6,13,24H/t13-/m1/s1. The summed E-state index contributed by atoms with van der Waals surface area (Å²) >= 11 is 5.69. The molecule has 1 atom stereocenters. The van der Waals surface area contributed by atoms with Gasteiger partial charge in [-0.2, -0.15) is 26.3 Å². The molecule has 1 nitrogen and oxygen atoms in total. The van der Waals surface area contributed by atoms with Gasteiger partial charge in [-0.25, -0.2) is 4.39 Å². The summed E-state index contributed by atoms with van der Waals surface area (Å²) in [5.41, 5.74) is -4.60. The van der Waals surface area contributed by atoms with Crippen molar-refractivity contribution in [3.05, 3.63) is 69.5 Å². The molecular formula is C15H8ClF7O. The van der Waals surface area contributed by atoms with Gasteiger partial charge in [-0.15, -0.1) is 0 Å². The maximum absolute atomic E-state index is 13.8. The first-order valence-electron chi connectivity index (χ1n) is 6.32. The Balaban J connectivity index is 2.65. The smallest absolute Gasteiger partial charge is 0.383 e. The van der Waals surface area contributed by atoms with Crippen molar-refractivity contribution in [1.82, 2.24) is 0 Å². The molecule has 2 aromatic carbocycles. The molecule has 2 rings (SSSR count). The summed E-state index contributed by atoms with van der Waals surface area (Å²) in [4.78, 5) is 0. The highest BCUT2D eigenvalue weighted by Crippen LogP contribution is 2.39. The van der Waals surface area contributed by atoms with Crippen LogP contribution < -0.4 is 0 Å². The Morgan fingerprint density at radius 2 is 1.38 bits per heavy atom. The van der Waals surface area contributed by atoms with Crippen molar-refractivity contribution in [2.24, 2.45) is 0 Å². The second kappa shape index (κ2) is 6.25. The lowest BCUT2D eigenvalue weighted by molar-refractivity contribution is -0.143. The summed E-state index contributed by atoms with van der Waals surface area (Å²) in [6, 6.07) is 3.77. The minimum atomic E-state index is -5.07. The van der Waals surface area contributed by atoms with Gasteiger partial charge in [0.15, 0.2) is 0 Å². The molecule has 0 bridgehead atoms. The van der Waals surface area contributed by atoms with E-state index in [1.54, 1.807) is 0 Å². The van der Waals surface area contributed by atoms with Crippen LogP contribution in [0.4, 0.5) is 30.7 Å². The van der Waals surface area contributed by atoms with Gasteiger partial charge in [0, 0.05) is 10.6 Å². The van der Waals surface area contributed by atoms with Crippen molar-refractivity contribution in [3.8, 4) is 0 Å². The molecule has 0 aromatic heterocycles. The first-order valence-corrected chi connectivity index (χ1v) is 6.70. The van der Waals surface area contributed by atoms with Crippen molar-refractivity contribution in [2.75, 3.05) is 0 Å². The number of aliphatic hydroxyl groups is 1. The number of rotatable bonds is 2. The van der Waals surface area contributed by atoms with Crippen LogP contribution >= 0.6 is 11.6 Å². The number of hydrogen-bond acceptors (Lipinski definition) is 1. The normalized spacial score (nSPS) is 13.9. The van der Waals surface area contributed by atoms with Crippen LogP contribution in [-0.4, -0.2) is 5.11 Å². The zero-order chi connectivity index (χ0) is 18.3. The molecule has 130 valence electrons. The van der Waals surface area contributed by atoms with E-state index in [4.69, 9.17) is 11.6 Å². The van der Waals surface area contributed by atoms with Gasteiger partial charge in [-0.3, -0.25) is 0 Å². The lowest BCUT2D eigenvalue weighted by Gasteiger charge is -2.18. The first kappa shape index (κ1) is 18.5. The molecule has 1 N–H and O–H groups in total. The van der Waals surface area contributed by atoms with Crippen molar-refractivity contribution in [1.29, 1.82) is 0 Å². The van der Waals surface area contributed by atoms with Gasteiger partial charge in [0.05, 0.1) is 11.1 Å². The van der Waals surface area contributed by atoms with Crippen LogP contribution in [0.1, 0.15) is 28.4 Å². The second-order valence-electron chi connectivity index (χ2n) is 4.88. The molecule has 0 aliphatic carbocycles. The Morgan fingerprint density at radius 1 is 0.875 bits per heavy atom. The fraction of sp³-hybridized carbons (Fsp3) is 0.200. The fourth-order valence-electron chi connectivity index (χ4n) is 2.08. The monoisotopic (exact) mass is 372 g/mol. The maximum Gasteiger partial charge on any atom is 0.416 e. The quantitative estimate of drug-likeness (QED) is 0.680. The van der Waals surface area contributed by atoms with E-state index in [0.717, 1.165) is 12.1 Å². The van der Waals surface area contributed by atoms with Gasteiger partial charge in [-0.1, -0.05) is 17.7 Å². The van der Waals surface area contributed by atoms with E-state index in [1.807, 2.05) is 0 Å². The minimum absolute atomic E-state index is 0.0841. The number of halogens is 8. The molecule has 0 spiro atoms. The van der Waals surface area contributed by atoms with Gasteiger partial charge >= 0.3 is 12.4 Å². The van der Waals surface area contributed by atoms with Gasteiger partial charge in [0.2, 0.25) is 0 Å². The fourth-order valence-corrected chi connectivity index (χ4v) is 2.34. The molecular weight excluding hydrogens is 365 g/mol. The zero-order valence-corrected chi connectivity index (χ0v) is 12.3. The number of hydrogen-bond donors (Lipinski definition) is 1. The predicted octanol–water partition coefficient (Wildman–Crippen LogP) is 5.60. The van der Waals surface area contributed by atoms with E-state index in [1.165, 1.54) is 6.07 Å². The van der Waals surface area contributed by atoms with Gasteiger partial charge < -0.3 is 5.11 Å². The zero-order valence-electron chi connectivity index (χ0n) is 11.5. The van der Waals surface area contributed by atoms with Crippen LogP contribution in [-0.2, 0) is 12.4 Å². The number of benzene rings is 2. The summed E-state index contributed by atoms with van der Waals surface area (Å²) in [5, 5.41) is 9.75. The molecule has 0 unspecified atom stereocenters. The number of alkyl halides is 6. The summed E-state index contributed by atoms with van der Waals surface area (Å²) < 4.78 is 90.6. The largest absolute Gasteiger partial charge is 0.416 e. The Labute approximate surface area is 136 Å². The van der Waals surface area contributed by atoms with Crippen LogP contribution in [0.15, 0.2) is 36.4 Å². The van der Waals surface area contributed by atoms with Crippen LogP contribution in [0, 0.1) is 5.82 Å².